The van der Waals surface area contributed by atoms with Crippen molar-refractivity contribution in [2.24, 2.45) is 12.8 Å². The van der Waals surface area contributed by atoms with Crippen LogP contribution in [0.2, 0.25) is 5.02 Å². The lowest BCUT2D eigenvalue weighted by Gasteiger charge is -2.31. The molecule has 11 heteroatoms. The average molecular weight is 554 g/mol. The number of hydrogen-bond acceptors (Lipinski definition) is 6. The topological polar surface area (TPSA) is 120 Å². The van der Waals surface area contributed by atoms with Gasteiger partial charge in [-0.25, -0.2) is 4.79 Å². The Labute approximate surface area is 232 Å². The normalized spacial score (nSPS) is 15.3. The van der Waals surface area contributed by atoms with Crippen LogP contribution in [-0.2, 0) is 20.1 Å². The van der Waals surface area contributed by atoms with Crippen LogP contribution in [0.4, 0.5) is 5.95 Å². The van der Waals surface area contributed by atoms with Crippen molar-refractivity contribution in [3.05, 3.63) is 55.2 Å². The van der Waals surface area contributed by atoms with Gasteiger partial charge in [0, 0.05) is 43.3 Å². The number of imidazole rings is 1. The van der Waals surface area contributed by atoms with Crippen LogP contribution in [0.15, 0.2) is 27.8 Å². The number of unbranched alkanes of at least 4 members (excludes halogenated alkanes) is 2. The van der Waals surface area contributed by atoms with E-state index in [1.807, 2.05) is 0 Å². The monoisotopic (exact) mass is 553 g/mol. The number of carbonyl (C=O) groups is 1. The summed E-state index contributed by atoms with van der Waals surface area (Å²) in [7, 11) is 1.60. The molecule has 1 aliphatic heterocycles. The second-order valence-corrected chi connectivity index (χ2v) is 10.4. The van der Waals surface area contributed by atoms with E-state index in [1.54, 1.807) is 36.7 Å². The highest BCUT2D eigenvalue weighted by molar-refractivity contribution is 6.31. The molecule has 0 bridgehead atoms. The van der Waals surface area contributed by atoms with Crippen LogP contribution in [0, 0.1) is 11.8 Å². The molecular weight excluding hydrogens is 518 g/mol. The van der Waals surface area contributed by atoms with Gasteiger partial charge in [-0.05, 0) is 43.9 Å². The van der Waals surface area contributed by atoms with Gasteiger partial charge in [-0.1, -0.05) is 43.4 Å². The maximum atomic E-state index is 13.9. The second kappa shape index (κ2) is 12.5. The molecule has 4 rings (SSSR count). The molecule has 1 aliphatic rings. The van der Waals surface area contributed by atoms with E-state index in [0.717, 1.165) is 43.2 Å². The molecule has 1 aromatic carbocycles. The van der Waals surface area contributed by atoms with Crippen molar-refractivity contribution in [1.29, 1.82) is 0 Å². The minimum atomic E-state index is -0.523. The fourth-order valence-corrected chi connectivity index (χ4v) is 5.15. The zero-order chi connectivity index (χ0) is 28.1. The third-order valence-electron chi connectivity index (χ3n) is 7.08. The zero-order valence-electron chi connectivity index (χ0n) is 22.8. The van der Waals surface area contributed by atoms with Crippen LogP contribution in [0.25, 0.3) is 11.2 Å². The number of hydrogen-bond donors (Lipinski definition) is 2. The minimum absolute atomic E-state index is 0.00111. The molecule has 1 unspecified atom stereocenters. The lowest BCUT2D eigenvalue weighted by molar-refractivity contribution is 0.0952. The van der Waals surface area contributed by atoms with Gasteiger partial charge in [0.15, 0.2) is 11.2 Å². The van der Waals surface area contributed by atoms with E-state index in [0.29, 0.717) is 40.8 Å². The molecule has 3 heterocycles. The van der Waals surface area contributed by atoms with Gasteiger partial charge in [-0.15, -0.1) is 5.92 Å². The number of nitrogens with two attached hydrogens (primary N) is 1. The summed E-state index contributed by atoms with van der Waals surface area (Å²) in [6.45, 7) is 5.87. The van der Waals surface area contributed by atoms with Crippen LogP contribution in [0.1, 0.15) is 61.9 Å². The van der Waals surface area contributed by atoms with E-state index >= 15 is 0 Å². The molecule has 3 aromatic rings. The third kappa shape index (κ3) is 6.05. The van der Waals surface area contributed by atoms with Crippen LogP contribution in [0.3, 0.4) is 0 Å². The molecule has 0 saturated carbocycles. The molecule has 0 spiro atoms. The molecule has 3 N–H and O–H groups in total. The summed E-state index contributed by atoms with van der Waals surface area (Å²) in [6, 6.07) is 4.90. The van der Waals surface area contributed by atoms with Gasteiger partial charge in [0.25, 0.3) is 11.5 Å². The van der Waals surface area contributed by atoms with Crippen LogP contribution < -0.4 is 27.2 Å². The Morgan fingerprint density at radius 1 is 1.26 bits per heavy atom. The third-order valence-corrected chi connectivity index (χ3v) is 7.31. The first kappa shape index (κ1) is 28.5. The number of benzene rings is 1. The van der Waals surface area contributed by atoms with Gasteiger partial charge in [-0.2, -0.15) is 4.98 Å². The Bertz CT molecular complexity index is 1540. The molecule has 1 atom stereocenters. The van der Waals surface area contributed by atoms with Crippen molar-refractivity contribution >= 4 is 34.6 Å². The molecule has 39 heavy (non-hydrogen) atoms. The number of fused-ring (bicyclic) bond motifs is 1. The van der Waals surface area contributed by atoms with E-state index in [-0.39, 0.29) is 30.6 Å². The number of rotatable bonds is 9. The van der Waals surface area contributed by atoms with Gasteiger partial charge < -0.3 is 16.0 Å². The molecule has 208 valence electrons. The van der Waals surface area contributed by atoms with Crippen LogP contribution in [0.5, 0.6) is 0 Å². The number of aromatic nitrogens is 4. The summed E-state index contributed by atoms with van der Waals surface area (Å²) in [4.78, 5) is 47.2. The first-order valence-corrected chi connectivity index (χ1v) is 13.8. The van der Waals surface area contributed by atoms with E-state index in [1.165, 1.54) is 4.57 Å². The Hall–Kier alpha value is -3.55. The Kier molecular flexibility index (Phi) is 9.15. The highest BCUT2D eigenvalue weighted by atomic mass is 35.5. The second-order valence-electron chi connectivity index (χ2n) is 9.94. The maximum Gasteiger partial charge on any atom is 0.332 e. The van der Waals surface area contributed by atoms with Crippen molar-refractivity contribution in [3.8, 4) is 11.8 Å². The van der Waals surface area contributed by atoms with Crippen molar-refractivity contribution in [2.75, 3.05) is 24.5 Å². The Morgan fingerprint density at radius 2 is 2.05 bits per heavy atom. The van der Waals surface area contributed by atoms with Gasteiger partial charge in [-0.3, -0.25) is 23.3 Å². The number of halogens is 1. The molecule has 1 amide bonds. The summed E-state index contributed by atoms with van der Waals surface area (Å²) >= 11 is 6.22. The largest absolute Gasteiger partial charge is 0.352 e. The number of piperidine rings is 1. The number of anilines is 1. The van der Waals surface area contributed by atoms with E-state index in [4.69, 9.17) is 22.3 Å². The number of nitrogens with zero attached hydrogens (tertiary/aromatic N) is 5. The van der Waals surface area contributed by atoms with Crippen LogP contribution in [-0.4, -0.2) is 50.3 Å². The number of nitrogens with one attached hydrogen (secondary N) is 1. The van der Waals surface area contributed by atoms with Gasteiger partial charge in [0.05, 0.1) is 13.1 Å². The maximum absolute atomic E-state index is 13.9. The average Bonchev–Trinajstić information content (AvgIpc) is 3.31. The first-order chi connectivity index (χ1) is 18.8. The van der Waals surface area contributed by atoms with E-state index < -0.39 is 11.2 Å². The number of aryl methyl sites for hydroxylation is 1. The van der Waals surface area contributed by atoms with Gasteiger partial charge in [0.2, 0.25) is 5.95 Å². The minimum Gasteiger partial charge on any atom is -0.352 e. The molecule has 1 fully saturated rings. The Morgan fingerprint density at radius 3 is 2.77 bits per heavy atom. The highest BCUT2D eigenvalue weighted by Crippen LogP contribution is 2.23. The fraction of sp³-hybridized carbons (Fsp3) is 0.500. The lowest BCUT2D eigenvalue weighted by atomic mass is 10.1. The molecule has 1 saturated heterocycles. The molecule has 0 aliphatic carbocycles. The summed E-state index contributed by atoms with van der Waals surface area (Å²) in [5.41, 5.74) is 6.64. The number of amides is 1. The molecule has 10 nitrogen and oxygen atoms in total. The predicted octanol–water partition coefficient (Wildman–Crippen LogP) is 2.47. The van der Waals surface area contributed by atoms with Crippen molar-refractivity contribution < 1.29 is 4.79 Å². The highest BCUT2D eigenvalue weighted by Gasteiger charge is 2.26. The first-order valence-electron chi connectivity index (χ1n) is 13.4. The zero-order valence-corrected chi connectivity index (χ0v) is 23.6. The molecule has 0 radical (unpaired) electrons. The van der Waals surface area contributed by atoms with E-state index in [2.05, 4.69) is 29.0 Å². The smallest absolute Gasteiger partial charge is 0.332 e. The van der Waals surface area contributed by atoms with Crippen molar-refractivity contribution in [3.63, 3.8) is 0 Å². The van der Waals surface area contributed by atoms with Gasteiger partial charge >= 0.3 is 5.69 Å². The van der Waals surface area contributed by atoms with Crippen molar-refractivity contribution in [1.82, 2.24) is 24.0 Å². The lowest BCUT2D eigenvalue weighted by Crippen LogP contribution is -2.44. The summed E-state index contributed by atoms with van der Waals surface area (Å²) in [5, 5.41) is 3.32. The number of carbonyl (C=O) groups excluding carboxylic acids is 1. The predicted molar refractivity (Wildman–Crippen MR) is 155 cm³/mol. The summed E-state index contributed by atoms with van der Waals surface area (Å²) < 4.78 is 4.29. The fourth-order valence-electron chi connectivity index (χ4n) is 4.98. The summed E-state index contributed by atoms with van der Waals surface area (Å²) in [6.07, 6.45) is 4.75. The van der Waals surface area contributed by atoms with Crippen molar-refractivity contribution in [2.45, 2.75) is 65.1 Å². The Balaban J connectivity index is 1.81. The van der Waals surface area contributed by atoms with Gasteiger partial charge in [0.1, 0.15) is 0 Å². The quantitative estimate of drug-likeness (QED) is 0.310. The van der Waals surface area contributed by atoms with Crippen LogP contribution >= 0.6 is 11.6 Å². The molecule has 2 aromatic heterocycles. The standard InChI is InChI=1S/C28H36ClN7O3/c1-4-6-8-13-31-25(37)22-16-20(29)12-11-19(22)17-36-26(38)23-24(33(3)28(36)39)32-27(35(23)15-7-5-2)34-14-9-10-21(30)18-34/h11-12,16,21H,4,6,8-10,13-15,17-18,30H2,1-3H3,(H,31,37). The SMILES string of the molecule is CC#CCn1c(N2CCCC(N)C2)nc2c1c(=O)n(Cc1ccc(Cl)cc1C(=O)NCCCCC)c(=O)n2C. The molecular formula is C28H36ClN7O3. The van der Waals surface area contributed by atoms with E-state index in [9.17, 15) is 14.4 Å². The summed E-state index contributed by atoms with van der Waals surface area (Å²) in [5.74, 6) is 6.20.